The van der Waals surface area contributed by atoms with Crippen LogP contribution in [-0.2, 0) is 11.3 Å². The van der Waals surface area contributed by atoms with Crippen LogP contribution in [0.5, 0.6) is 0 Å². The van der Waals surface area contributed by atoms with E-state index in [4.69, 9.17) is 5.73 Å². The highest BCUT2D eigenvalue weighted by atomic mass is 35.5. The normalized spacial score (nSPS) is 23.7. The second-order valence-electron chi connectivity index (χ2n) is 6.70. The molecule has 3 N–H and O–H groups in total. The van der Waals surface area contributed by atoms with Crippen molar-refractivity contribution >= 4 is 24.2 Å². The van der Waals surface area contributed by atoms with Crippen molar-refractivity contribution in [1.29, 1.82) is 0 Å². The maximum atomic E-state index is 12.3. The van der Waals surface area contributed by atoms with Gasteiger partial charge in [0.2, 0.25) is 5.91 Å². The summed E-state index contributed by atoms with van der Waals surface area (Å²) in [6.07, 6.45) is 5.49. The molecule has 1 aromatic rings. The zero-order valence-electron chi connectivity index (χ0n) is 13.9. The molecule has 2 aliphatic rings. The molecule has 132 valence electrons. The summed E-state index contributed by atoms with van der Waals surface area (Å²) in [4.78, 5) is 25.8. The highest BCUT2D eigenvalue weighted by Crippen LogP contribution is 2.18. The molecule has 5 nitrogen and oxygen atoms in total. The summed E-state index contributed by atoms with van der Waals surface area (Å²) < 4.78 is 0. The largest absolute Gasteiger partial charge is 0.349 e. The Morgan fingerprint density at radius 3 is 2.42 bits per heavy atom. The minimum Gasteiger partial charge on any atom is -0.349 e. The standard InChI is InChI=1S/C18H25N3O2.ClH/c19-15-7-9-16(10-8-15)20-18(23)14-5-3-13(4-6-14)12-21-11-1-2-17(21)22;/h3-6,15-16H,1-2,7-12,19H2,(H,20,23);1H. The van der Waals surface area contributed by atoms with Crippen LogP contribution >= 0.6 is 12.4 Å². The molecular weight excluding hydrogens is 326 g/mol. The van der Waals surface area contributed by atoms with Crippen molar-refractivity contribution in [2.75, 3.05) is 6.54 Å². The third-order valence-electron chi connectivity index (χ3n) is 4.87. The third-order valence-corrected chi connectivity index (χ3v) is 4.87. The fraction of sp³-hybridized carbons (Fsp3) is 0.556. The van der Waals surface area contributed by atoms with Crippen LogP contribution in [-0.4, -0.2) is 35.3 Å². The SMILES string of the molecule is Cl.NC1CCC(NC(=O)c2ccc(CN3CCCC3=O)cc2)CC1. The van der Waals surface area contributed by atoms with Gasteiger partial charge in [0.25, 0.3) is 5.91 Å². The second kappa shape index (κ2) is 8.49. The fourth-order valence-corrected chi connectivity index (χ4v) is 3.39. The van der Waals surface area contributed by atoms with Gasteiger partial charge in [-0.15, -0.1) is 12.4 Å². The Kier molecular flexibility index (Phi) is 6.63. The van der Waals surface area contributed by atoms with E-state index in [-0.39, 0.29) is 36.3 Å². The van der Waals surface area contributed by atoms with Crippen LogP contribution in [0, 0.1) is 0 Å². The average Bonchev–Trinajstić information content (AvgIpc) is 2.95. The number of amides is 2. The number of benzene rings is 1. The van der Waals surface area contributed by atoms with E-state index in [9.17, 15) is 9.59 Å². The van der Waals surface area contributed by atoms with Crippen LogP contribution < -0.4 is 11.1 Å². The lowest BCUT2D eigenvalue weighted by Crippen LogP contribution is -2.40. The Morgan fingerprint density at radius 1 is 1.17 bits per heavy atom. The number of carbonyl (C=O) groups excluding carboxylic acids is 2. The molecule has 0 aromatic heterocycles. The van der Waals surface area contributed by atoms with Crippen LogP contribution in [0.2, 0.25) is 0 Å². The number of rotatable bonds is 4. The average molecular weight is 352 g/mol. The van der Waals surface area contributed by atoms with Gasteiger partial charge in [-0.05, 0) is 49.8 Å². The maximum absolute atomic E-state index is 12.3. The molecule has 2 amide bonds. The van der Waals surface area contributed by atoms with Crippen LogP contribution in [0.25, 0.3) is 0 Å². The highest BCUT2D eigenvalue weighted by molar-refractivity contribution is 5.94. The Morgan fingerprint density at radius 2 is 1.83 bits per heavy atom. The van der Waals surface area contributed by atoms with Gasteiger partial charge in [0, 0.05) is 37.2 Å². The van der Waals surface area contributed by atoms with E-state index in [1.807, 2.05) is 29.2 Å². The van der Waals surface area contributed by atoms with Crippen molar-refractivity contribution in [2.45, 2.75) is 57.2 Å². The smallest absolute Gasteiger partial charge is 0.251 e. The van der Waals surface area contributed by atoms with Gasteiger partial charge in [-0.1, -0.05) is 12.1 Å². The molecule has 1 saturated carbocycles. The van der Waals surface area contributed by atoms with E-state index in [2.05, 4.69) is 5.32 Å². The van der Waals surface area contributed by atoms with E-state index < -0.39 is 0 Å². The first kappa shape index (κ1) is 18.7. The molecule has 0 unspecified atom stereocenters. The van der Waals surface area contributed by atoms with Gasteiger partial charge in [0.1, 0.15) is 0 Å². The molecular formula is C18H26ClN3O2. The molecule has 0 bridgehead atoms. The first-order valence-corrected chi connectivity index (χ1v) is 8.55. The van der Waals surface area contributed by atoms with Crippen molar-refractivity contribution in [3.8, 4) is 0 Å². The summed E-state index contributed by atoms with van der Waals surface area (Å²) >= 11 is 0. The fourth-order valence-electron chi connectivity index (χ4n) is 3.39. The van der Waals surface area contributed by atoms with E-state index in [0.29, 0.717) is 18.5 Å². The molecule has 1 heterocycles. The second-order valence-corrected chi connectivity index (χ2v) is 6.70. The van der Waals surface area contributed by atoms with E-state index in [1.54, 1.807) is 0 Å². The lowest BCUT2D eigenvalue weighted by atomic mass is 9.91. The molecule has 6 heteroatoms. The number of hydrogen-bond acceptors (Lipinski definition) is 3. The number of halogens is 1. The predicted molar refractivity (Wildman–Crippen MR) is 96.0 cm³/mol. The number of likely N-dealkylation sites (tertiary alicyclic amines) is 1. The summed E-state index contributed by atoms with van der Waals surface area (Å²) in [5.74, 6) is 0.205. The van der Waals surface area contributed by atoms with Gasteiger partial charge in [0.05, 0.1) is 0 Å². The van der Waals surface area contributed by atoms with Crippen LogP contribution in [0.1, 0.15) is 54.4 Å². The van der Waals surface area contributed by atoms with E-state index >= 15 is 0 Å². The summed E-state index contributed by atoms with van der Waals surface area (Å²) in [6, 6.07) is 8.11. The molecule has 0 atom stereocenters. The van der Waals surface area contributed by atoms with E-state index in [0.717, 1.165) is 44.2 Å². The molecule has 0 spiro atoms. The minimum atomic E-state index is -0.0192. The summed E-state index contributed by atoms with van der Waals surface area (Å²) in [6.45, 7) is 1.48. The predicted octanol–water partition coefficient (Wildman–Crippen LogP) is 2.23. The van der Waals surface area contributed by atoms with Crippen LogP contribution in [0.4, 0.5) is 0 Å². The van der Waals surface area contributed by atoms with Crippen molar-refractivity contribution in [1.82, 2.24) is 10.2 Å². The molecule has 1 aliphatic carbocycles. The lowest BCUT2D eigenvalue weighted by Gasteiger charge is -2.26. The topological polar surface area (TPSA) is 75.4 Å². The van der Waals surface area contributed by atoms with Crippen molar-refractivity contribution in [3.63, 3.8) is 0 Å². The third kappa shape index (κ3) is 4.71. The Hall–Kier alpha value is -1.59. The summed E-state index contributed by atoms with van der Waals surface area (Å²) in [7, 11) is 0. The van der Waals surface area contributed by atoms with Crippen LogP contribution in [0.3, 0.4) is 0 Å². The Balaban J connectivity index is 0.00000208. The number of nitrogens with two attached hydrogens (primary N) is 1. The van der Waals surface area contributed by atoms with Gasteiger partial charge in [-0.2, -0.15) is 0 Å². The molecule has 24 heavy (non-hydrogen) atoms. The monoisotopic (exact) mass is 351 g/mol. The Bertz CT molecular complexity index is 568. The number of nitrogens with one attached hydrogen (secondary N) is 1. The van der Waals surface area contributed by atoms with Crippen LogP contribution in [0.15, 0.2) is 24.3 Å². The number of hydrogen-bond donors (Lipinski definition) is 2. The quantitative estimate of drug-likeness (QED) is 0.873. The minimum absolute atomic E-state index is 0. The van der Waals surface area contributed by atoms with E-state index in [1.165, 1.54) is 0 Å². The van der Waals surface area contributed by atoms with Gasteiger partial charge >= 0.3 is 0 Å². The zero-order valence-corrected chi connectivity index (χ0v) is 14.7. The van der Waals surface area contributed by atoms with Gasteiger partial charge in [0.15, 0.2) is 0 Å². The molecule has 1 saturated heterocycles. The highest BCUT2D eigenvalue weighted by Gasteiger charge is 2.21. The first-order chi connectivity index (χ1) is 11.1. The molecule has 2 fully saturated rings. The Labute approximate surface area is 149 Å². The van der Waals surface area contributed by atoms with Crippen molar-refractivity contribution in [2.24, 2.45) is 5.73 Å². The number of nitrogens with zero attached hydrogens (tertiary/aromatic N) is 1. The molecule has 1 aliphatic heterocycles. The maximum Gasteiger partial charge on any atom is 0.251 e. The summed E-state index contributed by atoms with van der Waals surface area (Å²) in [5.41, 5.74) is 7.64. The van der Waals surface area contributed by atoms with Gasteiger partial charge < -0.3 is 16.0 Å². The van der Waals surface area contributed by atoms with Gasteiger partial charge in [-0.25, -0.2) is 0 Å². The van der Waals surface area contributed by atoms with Gasteiger partial charge in [-0.3, -0.25) is 9.59 Å². The zero-order chi connectivity index (χ0) is 16.2. The summed E-state index contributed by atoms with van der Waals surface area (Å²) in [5, 5.41) is 3.10. The van der Waals surface area contributed by atoms with Crippen molar-refractivity contribution < 1.29 is 9.59 Å². The molecule has 0 radical (unpaired) electrons. The molecule has 3 rings (SSSR count). The number of carbonyl (C=O) groups is 2. The first-order valence-electron chi connectivity index (χ1n) is 8.55. The lowest BCUT2D eigenvalue weighted by molar-refractivity contribution is -0.128. The van der Waals surface area contributed by atoms with Crippen molar-refractivity contribution in [3.05, 3.63) is 35.4 Å². The molecule has 1 aromatic carbocycles.